The molecule has 2 heteroatoms. The van der Waals surface area contributed by atoms with E-state index in [4.69, 9.17) is 4.74 Å². The van der Waals surface area contributed by atoms with Gasteiger partial charge in [-0.1, -0.05) is 18.7 Å². The van der Waals surface area contributed by atoms with Crippen LogP contribution in [0.15, 0.2) is 37.1 Å². The zero-order valence-electron chi connectivity index (χ0n) is 7.45. The highest BCUT2D eigenvalue weighted by Gasteiger charge is 2.22. The molecular formula is C10H13NO. The van der Waals surface area contributed by atoms with Gasteiger partial charge in [-0.2, -0.15) is 0 Å². The Morgan fingerprint density at radius 2 is 2.33 bits per heavy atom. The topological polar surface area (TPSA) is 22.1 Å². The first-order valence-corrected chi connectivity index (χ1v) is 3.83. The third kappa shape index (κ3) is 1.53. The van der Waals surface area contributed by atoms with Crippen molar-refractivity contribution in [2.45, 2.75) is 12.5 Å². The fourth-order valence-electron chi connectivity index (χ4n) is 0.949. The summed E-state index contributed by atoms with van der Waals surface area (Å²) in [6.07, 6.45) is 3.49. The van der Waals surface area contributed by atoms with Gasteiger partial charge in [0.1, 0.15) is 5.60 Å². The molecule has 0 aliphatic heterocycles. The predicted molar refractivity (Wildman–Crippen MR) is 48.8 cm³/mol. The number of aromatic nitrogens is 1. The molecule has 2 nitrogen and oxygen atoms in total. The highest BCUT2D eigenvalue weighted by atomic mass is 16.5. The van der Waals surface area contributed by atoms with E-state index in [2.05, 4.69) is 11.6 Å². The monoisotopic (exact) mass is 163 g/mol. The van der Waals surface area contributed by atoms with Crippen LogP contribution < -0.4 is 0 Å². The second kappa shape index (κ2) is 3.50. The van der Waals surface area contributed by atoms with Crippen LogP contribution >= 0.6 is 0 Å². The van der Waals surface area contributed by atoms with Gasteiger partial charge in [-0.3, -0.25) is 4.98 Å². The molecule has 0 aromatic carbocycles. The van der Waals surface area contributed by atoms with Crippen LogP contribution in [0.5, 0.6) is 0 Å². The van der Waals surface area contributed by atoms with Crippen molar-refractivity contribution in [2.75, 3.05) is 7.11 Å². The van der Waals surface area contributed by atoms with E-state index in [0.29, 0.717) is 0 Å². The fourth-order valence-corrected chi connectivity index (χ4v) is 0.949. The quantitative estimate of drug-likeness (QED) is 0.637. The molecule has 0 aliphatic carbocycles. The van der Waals surface area contributed by atoms with Crippen LogP contribution in [0.1, 0.15) is 12.6 Å². The molecule has 0 bridgehead atoms. The molecule has 0 saturated heterocycles. The number of rotatable bonds is 3. The SMILES string of the molecule is C=CC(C)(OC)c1ccccn1. The Morgan fingerprint density at radius 1 is 1.58 bits per heavy atom. The van der Waals surface area contributed by atoms with E-state index in [0.717, 1.165) is 5.69 Å². The van der Waals surface area contributed by atoms with Crippen LogP contribution in [0.3, 0.4) is 0 Å². The summed E-state index contributed by atoms with van der Waals surface area (Å²) in [6, 6.07) is 5.73. The lowest BCUT2D eigenvalue weighted by Gasteiger charge is -2.22. The fraction of sp³-hybridized carbons (Fsp3) is 0.300. The summed E-state index contributed by atoms with van der Waals surface area (Å²) in [5.74, 6) is 0. The maximum atomic E-state index is 5.29. The average Bonchev–Trinajstić information content (AvgIpc) is 2.18. The normalized spacial score (nSPS) is 15.2. The molecule has 0 spiro atoms. The third-order valence-corrected chi connectivity index (χ3v) is 1.99. The molecule has 0 N–H and O–H groups in total. The number of hydrogen-bond acceptors (Lipinski definition) is 2. The van der Waals surface area contributed by atoms with Gasteiger partial charge in [-0.25, -0.2) is 0 Å². The molecule has 12 heavy (non-hydrogen) atoms. The van der Waals surface area contributed by atoms with E-state index in [1.54, 1.807) is 19.4 Å². The van der Waals surface area contributed by atoms with Crippen LogP contribution in [0.2, 0.25) is 0 Å². The third-order valence-electron chi connectivity index (χ3n) is 1.99. The van der Waals surface area contributed by atoms with Gasteiger partial charge in [0.05, 0.1) is 5.69 Å². The van der Waals surface area contributed by atoms with Gasteiger partial charge < -0.3 is 4.74 Å². The summed E-state index contributed by atoms with van der Waals surface area (Å²) < 4.78 is 5.29. The minimum absolute atomic E-state index is 0.471. The average molecular weight is 163 g/mol. The molecule has 64 valence electrons. The molecule has 1 rings (SSSR count). The summed E-state index contributed by atoms with van der Waals surface area (Å²) in [5, 5.41) is 0. The van der Waals surface area contributed by atoms with Crippen molar-refractivity contribution in [1.82, 2.24) is 4.98 Å². The zero-order chi connectivity index (χ0) is 9.03. The highest BCUT2D eigenvalue weighted by Crippen LogP contribution is 2.22. The van der Waals surface area contributed by atoms with Crippen LogP contribution in [0.25, 0.3) is 0 Å². The molecule has 1 unspecified atom stereocenters. The number of ether oxygens (including phenoxy) is 1. The number of methoxy groups -OCH3 is 1. The van der Waals surface area contributed by atoms with E-state index in [1.807, 2.05) is 25.1 Å². The van der Waals surface area contributed by atoms with Crippen molar-refractivity contribution in [3.8, 4) is 0 Å². The van der Waals surface area contributed by atoms with Gasteiger partial charge >= 0.3 is 0 Å². The molecule has 0 saturated carbocycles. The van der Waals surface area contributed by atoms with Crippen LogP contribution in [-0.4, -0.2) is 12.1 Å². The Kier molecular flexibility index (Phi) is 2.61. The molecular weight excluding hydrogens is 150 g/mol. The summed E-state index contributed by atoms with van der Waals surface area (Å²) in [4.78, 5) is 4.20. The van der Waals surface area contributed by atoms with Crippen molar-refractivity contribution < 1.29 is 4.74 Å². The molecule has 0 radical (unpaired) electrons. The first-order chi connectivity index (χ1) is 5.73. The first kappa shape index (κ1) is 8.94. The van der Waals surface area contributed by atoms with Gasteiger partial charge in [0, 0.05) is 13.3 Å². The molecule has 0 amide bonds. The van der Waals surface area contributed by atoms with Gasteiger partial charge in [-0.05, 0) is 19.1 Å². The summed E-state index contributed by atoms with van der Waals surface area (Å²) in [5.41, 5.74) is 0.406. The minimum atomic E-state index is -0.471. The second-order valence-corrected chi connectivity index (χ2v) is 2.73. The van der Waals surface area contributed by atoms with Gasteiger partial charge in [-0.15, -0.1) is 0 Å². The van der Waals surface area contributed by atoms with Crippen molar-refractivity contribution in [3.63, 3.8) is 0 Å². The minimum Gasteiger partial charge on any atom is -0.368 e. The van der Waals surface area contributed by atoms with Crippen molar-refractivity contribution in [3.05, 3.63) is 42.7 Å². The van der Waals surface area contributed by atoms with E-state index < -0.39 is 5.60 Å². The van der Waals surface area contributed by atoms with Crippen LogP contribution in [0, 0.1) is 0 Å². The van der Waals surface area contributed by atoms with Crippen molar-refractivity contribution >= 4 is 0 Å². The van der Waals surface area contributed by atoms with Gasteiger partial charge in [0.2, 0.25) is 0 Å². The molecule has 0 fully saturated rings. The maximum absolute atomic E-state index is 5.29. The van der Waals surface area contributed by atoms with Crippen LogP contribution in [-0.2, 0) is 10.3 Å². The van der Waals surface area contributed by atoms with E-state index >= 15 is 0 Å². The molecule has 0 aliphatic rings. The lowest BCUT2D eigenvalue weighted by atomic mass is 10.0. The van der Waals surface area contributed by atoms with E-state index in [9.17, 15) is 0 Å². The Balaban J connectivity index is 3.03. The Morgan fingerprint density at radius 3 is 2.75 bits per heavy atom. The smallest absolute Gasteiger partial charge is 0.125 e. The standard InChI is InChI=1S/C10H13NO/c1-4-10(2,12-3)9-7-5-6-8-11-9/h4-8H,1H2,2-3H3. The maximum Gasteiger partial charge on any atom is 0.125 e. The van der Waals surface area contributed by atoms with E-state index in [1.165, 1.54) is 0 Å². The summed E-state index contributed by atoms with van der Waals surface area (Å²) >= 11 is 0. The van der Waals surface area contributed by atoms with Crippen molar-refractivity contribution in [1.29, 1.82) is 0 Å². The van der Waals surface area contributed by atoms with Gasteiger partial charge in [0.25, 0.3) is 0 Å². The molecule has 1 aromatic heterocycles. The predicted octanol–water partition coefficient (Wildman–Crippen LogP) is 2.13. The Labute approximate surface area is 72.9 Å². The van der Waals surface area contributed by atoms with E-state index in [-0.39, 0.29) is 0 Å². The highest BCUT2D eigenvalue weighted by molar-refractivity contribution is 5.17. The Hall–Kier alpha value is -1.15. The molecule has 1 aromatic rings. The second-order valence-electron chi connectivity index (χ2n) is 2.73. The number of nitrogens with zero attached hydrogens (tertiary/aromatic N) is 1. The Bertz CT molecular complexity index is 258. The summed E-state index contributed by atoms with van der Waals surface area (Å²) in [7, 11) is 1.65. The summed E-state index contributed by atoms with van der Waals surface area (Å²) in [6.45, 7) is 5.65. The molecule has 1 heterocycles. The van der Waals surface area contributed by atoms with Crippen molar-refractivity contribution in [2.24, 2.45) is 0 Å². The number of pyridine rings is 1. The first-order valence-electron chi connectivity index (χ1n) is 3.83. The zero-order valence-corrected chi connectivity index (χ0v) is 7.45. The lowest BCUT2D eigenvalue weighted by molar-refractivity contribution is 0.0428. The van der Waals surface area contributed by atoms with Gasteiger partial charge in [0.15, 0.2) is 0 Å². The van der Waals surface area contributed by atoms with Crippen LogP contribution in [0.4, 0.5) is 0 Å². The number of hydrogen-bond donors (Lipinski definition) is 0. The lowest BCUT2D eigenvalue weighted by Crippen LogP contribution is -2.22. The largest absolute Gasteiger partial charge is 0.368 e. The molecule has 1 atom stereocenters.